The van der Waals surface area contributed by atoms with Gasteiger partial charge in [0.1, 0.15) is 0 Å². The van der Waals surface area contributed by atoms with Gasteiger partial charge in [-0.2, -0.15) is 14.9 Å². The van der Waals surface area contributed by atoms with Crippen molar-refractivity contribution in [1.29, 1.82) is 0 Å². The summed E-state index contributed by atoms with van der Waals surface area (Å²) in [6.07, 6.45) is 1.78. The Balaban J connectivity index is 1.92. The first kappa shape index (κ1) is 17.9. The van der Waals surface area contributed by atoms with Crippen LogP contribution in [0.15, 0.2) is 53.6 Å². The van der Waals surface area contributed by atoms with E-state index in [-0.39, 0.29) is 6.10 Å². The lowest BCUT2D eigenvalue weighted by atomic mass is 10.2. The van der Waals surface area contributed by atoms with Crippen molar-refractivity contribution in [3.63, 3.8) is 0 Å². The van der Waals surface area contributed by atoms with Crippen LogP contribution in [0.1, 0.15) is 19.4 Å². The van der Waals surface area contributed by atoms with Crippen LogP contribution in [-0.2, 0) is 0 Å². The van der Waals surface area contributed by atoms with E-state index in [0.29, 0.717) is 22.1 Å². The van der Waals surface area contributed by atoms with Crippen molar-refractivity contribution in [2.24, 2.45) is 5.10 Å². The number of aromatic nitrogens is 3. The molecule has 134 valence electrons. The average Bonchev–Trinajstić information content (AvgIpc) is 3.01. The molecule has 0 fully saturated rings. The standard InChI is InChI=1S/C19H20N4O2S/c1-13(2)25-16-10-9-14(11-17(16)24-3)12-20-23-18(21-22-19(23)26)15-7-5-4-6-8-15/h4-13H,1-3H3,(H,22,26)/b20-12-. The Morgan fingerprint density at radius 3 is 2.62 bits per heavy atom. The predicted octanol–water partition coefficient (Wildman–Crippen LogP) is 4.29. The van der Waals surface area contributed by atoms with Crippen molar-refractivity contribution >= 4 is 18.4 Å². The number of hydrogen-bond donors (Lipinski definition) is 1. The second-order valence-corrected chi connectivity index (χ2v) is 6.24. The fourth-order valence-electron chi connectivity index (χ4n) is 2.41. The highest BCUT2D eigenvalue weighted by molar-refractivity contribution is 7.71. The molecule has 2 aromatic carbocycles. The molecule has 26 heavy (non-hydrogen) atoms. The zero-order valence-corrected chi connectivity index (χ0v) is 15.7. The normalized spacial score (nSPS) is 11.2. The summed E-state index contributed by atoms with van der Waals surface area (Å²) in [5, 5.41) is 11.5. The van der Waals surface area contributed by atoms with E-state index < -0.39 is 0 Å². The molecule has 0 amide bonds. The minimum atomic E-state index is 0.0705. The first-order valence-electron chi connectivity index (χ1n) is 8.20. The monoisotopic (exact) mass is 368 g/mol. The van der Waals surface area contributed by atoms with Gasteiger partial charge in [-0.1, -0.05) is 30.3 Å². The lowest BCUT2D eigenvalue weighted by Gasteiger charge is -2.13. The van der Waals surface area contributed by atoms with E-state index in [1.54, 1.807) is 18.0 Å². The molecule has 0 spiro atoms. The fraction of sp³-hybridized carbons (Fsp3) is 0.211. The molecule has 0 bridgehead atoms. The maximum atomic E-state index is 5.73. The van der Waals surface area contributed by atoms with Crippen LogP contribution < -0.4 is 9.47 Å². The topological polar surface area (TPSA) is 64.4 Å². The van der Waals surface area contributed by atoms with Gasteiger partial charge in [0.2, 0.25) is 4.77 Å². The van der Waals surface area contributed by atoms with Crippen molar-refractivity contribution in [2.45, 2.75) is 20.0 Å². The number of ether oxygens (including phenoxy) is 2. The van der Waals surface area contributed by atoms with Gasteiger partial charge < -0.3 is 9.47 Å². The van der Waals surface area contributed by atoms with E-state index in [4.69, 9.17) is 21.7 Å². The van der Waals surface area contributed by atoms with Crippen molar-refractivity contribution < 1.29 is 9.47 Å². The molecule has 0 aliphatic rings. The molecule has 1 aromatic heterocycles. The van der Waals surface area contributed by atoms with Crippen LogP contribution >= 0.6 is 12.2 Å². The fourth-order valence-corrected chi connectivity index (χ4v) is 2.59. The summed E-state index contributed by atoms with van der Waals surface area (Å²) in [5.41, 5.74) is 1.79. The highest BCUT2D eigenvalue weighted by atomic mass is 32.1. The second kappa shape index (κ2) is 7.97. The summed E-state index contributed by atoms with van der Waals surface area (Å²) in [6, 6.07) is 15.4. The molecule has 7 heteroatoms. The molecule has 6 nitrogen and oxygen atoms in total. The van der Waals surface area contributed by atoms with Crippen LogP contribution in [0.5, 0.6) is 11.5 Å². The van der Waals surface area contributed by atoms with Crippen LogP contribution in [0.4, 0.5) is 0 Å². The molecule has 0 atom stereocenters. The Hall–Kier alpha value is -2.93. The van der Waals surface area contributed by atoms with Gasteiger partial charge in [0.15, 0.2) is 17.3 Å². The highest BCUT2D eigenvalue weighted by Crippen LogP contribution is 2.28. The van der Waals surface area contributed by atoms with Gasteiger partial charge in [0.25, 0.3) is 0 Å². The summed E-state index contributed by atoms with van der Waals surface area (Å²) in [5.74, 6) is 2.00. The number of rotatable bonds is 6. The zero-order valence-electron chi connectivity index (χ0n) is 14.8. The van der Waals surface area contributed by atoms with E-state index in [1.165, 1.54) is 0 Å². The molecule has 1 N–H and O–H groups in total. The second-order valence-electron chi connectivity index (χ2n) is 5.85. The number of H-pyrrole nitrogens is 1. The van der Waals surface area contributed by atoms with Crippen LogP contribution in [0, 0.1) is 4.77 Å². The number of benzene rings is 2. The first-order chi connectivity index (χ1) is 12.6. The van der Waals surface area contributed by atoms with Gasteiger partial charge in [-0.15, -0.1) is 0 Å². The molecular formula is C19H20N4O2S. The molecule has 0 aliphatic heterocycles. The summed E-state index contributed by atoms with van der Waals surface area (Å²) in [6.45, 7) is 3.95. The third kappa shape index (κ3) is 4.00. The smallest absolute Gasteiger partial charge is 0.216 e. The van der Waals surface area contributed by atoms with E-state index in [2.05, 4.69) is 15.3 Å². The number of nitrogens with one attached hydrogen (secondary N) is 1. The van der Waals surface area contributed by atoms with E-state index >= 15 is 0 Å². The Kier molecular flexibility index (Phi) is 5.48. The minimum absolute atomic E-state index is 0.0705. The molecular weight excluding hydrogens is 348 g/mol. The molecule has 0 unspecified atom stereocenters. The van der Waals surface area contributed by atoms with Gasteiger partial charge in [-0.3, -0.25) is 0 Å². The highest BCUT2D eigenvalue weighted by Gasteiger charge is 2.09. The van der Waals surface area contributed by atoms with Gasteiger partial charge in [-0.05, 0) is 49.8 Å². The number of nitrogens with zero attached hydrogens (tertiary/aromatic N) is 3. The number of hydrogen-bond acceptors (Lipinski definition) is 5. The minimum Gasteiger partial charge on any atom is -0.493 e. The van der Waals surface area contributed by atoms with Crippen molar-refractivity contribution in [3.8, 4) is 22.9 Å². The van der Waals surface area contributed by atoms with Gasteiger partial charge in [-0.25, -0.2) is 5.10 Å². The van der Waals surface area contributed by atoms with Gasteiger partial charge in [0.05, 0.1) is 19.4 Å². The number of methoxy groups -OCH3 is 1. The maximum absolute atomic E-state index is 5.73. The van der Waals surface area contributed by atoms with E-state index in [9.17, 15) is 0 Å². The van der Waals surface area contributed by atoms with Crippen LogP contribution in [0.25, 0.3) is 11.4 Å². The van der Waals surface area contributed by atoms with Crippen LogP contribution in [-0.4, -0.2) is 34.3 Å². The van der Waals surface area contributed by atoms with Gasteiger partial charge in [0, 0.05) is 5.56 Å². The average molecular weight is 368 g/mol. The molecule has 1 heterocycles. The van der Waals surface area contributed by atoms with Crippen LogP contribution in [0.2, 0.25) is 0 Å². The van der Waals surface area contributed by atoms with Crippen molar-refractivity contribution in [3.05, 3.63) is 58.9 Å². The summed E-state index contributed by atoms with van der Waals surface area (Å²) in [4.78, 5) is 0. The summed E-state index contributed by atoms with van der Waals surface area (Å²) in [7, 11) is 1.61. The van der Waals surface area contributed by atoms with E-state index in [0.717, 1.165) is 11.1 Å². The molecule has 0 saturated carbocycles. The Morgan fingerprint density at radius 1 is 1.15 bits per heavy atom. The van der Waals surface area contributed by atoms with Gasteiger partial charge >= 0.3 is 0 Å². The zero-order chi connectivity index (χ0) is 18.5. The SMILES string of the molecule is COc1cc(/C=N\n2c(-c3ccccc3)n[nH]c2=S)ccc1OC(C)C. The molecule has 3 rings (SSSR count). The Bertz CT molecular complexity index is 961. The third-order valence-corrected chi connectivity index (χ3v) is 3.82. The Morgan fingerprint density at radius 2 is 1.92 bits per heavy atom. The lowest BCUT2D eigenvalue weighted by Crippen LogP contribution is -2.06. The van der Waals surface area contributed by atoms with Crippen molar-refractivity contribution in [2.75, 3.05) is 7.11 Å². The maximum Gasteiger partial charge on any atom is 0.216 e. The quantitative estimate of drug-likeness (QED) is 0.521. The number of aromatic amines is 1. The molecule has 3 aromatic rings. The lowest BCUT2D eigenvalue weighted by molar-refractivity contribution is 0.230. The van der Waals surface area contributed by atoms with E-state index in [1.807, 2.05) is 62.4 Å². The third-order valence-electron chi connectivity index (χ3n) is 3.56. The van der Waals surface area contributed by atoms with Crippen molar-refractivity contribution in [1.82, 2.24) is 14.9 Å². The summed E-state index contributed by atoms with van der Waals surface area (Å²) >= 11 is 5.29. The molecule has 0 aliphatic carbocycles. The molecule has 0 saturated heterocycles. The molecule has 0 radical (unpaired) electrons. The predicted molar refractivity (Wildman–Crippen MR) is 105 cm³/mol. The largest absolute Gasteiger partial charge is 0.493 e. The Labute approximate surface area is 157 Å². The first-order valence-corrected chi connectivity index (χ1v) is 8.61. The summed E-state index contributed by atoms with van der Waals surface area (Å²) < 4.78 is 13.2. The van der Waals surface area contributed by atoms with Crippen LogP contribution in [0.3, 0.4) is 0 Å².